The second kappa shape index (κ2) is 5.13. The number of carbonyl (C=O) groups is 1. The molecular weight excluding hydrogens is 256 g/mol. The van der Waals surface area contributed by atoms with Crippen LogP contribution in [0, 0.1) is 6.92 Å². The maximum Gasteiger partial charge on any atom is 0.257 e. The topological polar surface area (TPSA) is 42.0 Å². The predicted octanol–water partition coefficient (Wildman–Crippen LogP) is 4.00. The Morgan fingerprint density at radius 1 is 1.21 bits per heavy atom. The molecule has 0 bridgehead atoms. The van der Waals surface area contributed by atoms with E-state index in [1.54, 1.807) is 0 Å². The van der Waals surface area contributed by atoms with Gasteiger partial charge in [-0.15, -0.1) is 11.3 Å². The van der Waals surface area contributed by atoms with Gasteiger partial charge in [0.25, 0.3) is 5.91 Å². The third-order valence-electron chi connectivity index (χ3n) is 2.81. The maximum atomic E-state index is 12.0. The number of aromatic nitrogens is 1. The van der Waals surface area contributed by atoms with Gasteiger partial charge in [-0.25, -0.2) is 4.98 Å². The zero-order valence-corrected chi connectivity index (χ0v) is 12.5. The van der Waals surface area contributed by atoms with Crippen LogP contribution >= 0.6 is 11.3 Å². The number of nitrogens with zero attached hydrogens (tertiary/aromatic N) is 1. The summed E-state index contributed by atoms with van der Waals surface area (Å²) in [5.74, 6) is -0.116. The lowest BCUT2D eigenvalue weighted by Gasteiger charge is -2.14. The van der Waals surface area contributed by atoms with E-state index in [4.69, 9.17) is 0 Å². The van der Waals surface area contributed by atoms with Gasteiger partial charge in [0.1, 0.15) is 0 Å². The number of hydrogen-bond acceptors (Lipinski definition) is 3. The fourth-order valence-electron chi connectivity index (χ4n) is 1.55. The molecule has 100 valence electrons. The molecule has 0 aliphatic rings. The van der Waals surface area contributed by atoms with Gasteiger partial charge in [-0.3, -0.25) is 10.1 Å². The van der Waals surface area contributed by atoms with Gasteiger partial charge in [-0.1, -0.05) is 38.5 Å². The number of thiazole rings is 1. The summed E-state index contributed by atoms with van der Waals surface area (Å²) >= 11 is 1.46. The van der Waals surface area contributed by atoms with Crippen molar-refractivity contribution in [2.24, 2.45) is 0 Å². The Bertz CT molecular complexity index is 579. The number of benzene rings is 1. The molecule has 0 aliphatic heterocycles. The van der Waals surface area contributed by atoms with E-state index in [1.165, 1.54) is 11.3 Å². The van der Waals surface area contributed by atoms with Crippen LogP contribution in [0.1, 0.15) is 42.4 Å². The van der Waals surface area contributed by atoms with E-state index in [9.17, 15) is 4.79 Å². The number of hydrogen-bond donors (Lipinski definition) is 1. The van der Waals surface area contributed by atoms with E-state index in [0.717, 1.165) is 11.3 Å². The van der Waals surface area contributed by atoms with Crippen LogP contribution in [0.15, 0.2) is 29.6 Å². The third-order valence-corrected chi connectivity index (χ3v) is 3.56. The van der Waals surface area contributed by atoms with Gasteiger partial charge in [0.2, 0.25) is 0 Å². The van der Waals surface area contributed by atoms with E-state index in [2.05, 4.69) is 31.1 Å². The summed E-state index contributed by atoms with van der Waals surface area (Å²) in [6.45, 7) is 8.31. The van der Waals surface area contributed by atoms with E-state index in [-0.39, 0.29) is 11.3 Å². The fraction of sp³-hybridized carbons (Fsp3) is 0.333. The molecule has 0 saturated carbocycles. The summed E-state index contributed by atoms with van der Waals surface area (Å²) in [6, 6.07) is 7.50. The highest BCUT2D eigenvalue weighted by molar-refractivity contribution is 7.14. The molecule has 0 fully saturated rings. The summed E-state index contributed by atoms with van der Waals surface area (Å²) in [4.78, 5) is 16.5. The number of amides is 1. The Kier molecular flexibility index (Phi) is 3.71. The largest absolute Gasteiger partial charge is 0.298 e. The number of rotatable bonds is 2. The molecule has 0 spiro atoms. The molecule has 0 saturated heterocycles. The quantitative estimate of drug-likeness (QED) is 0.899. The van der Waals surface area contributed by atoms with E-state index < -0.39 is 0 Å². The number of anilines is 1. The van der Waals surface area contributed by atoms with E-state index in [0.29, 0.717) is 10.7 Å². The standard InChI is InChI=1S/C15H18N2OS/c1-10-5-7-11(8-6-10)13(18)17-14-16-12(9-19-14)15(2,3)4/h5-9H,1-4H3,(H,16,17,18). The van der Waals surface area contributed by atoms with Crippen LogP contribution in [0.2, 0.25) is 0 Å². The van der Waals surface area contributed by atoms with Crippen LogP contribution < -0.4 is 5.32 Å². The van der Waals surface area contributed by atoms with Crippen molar-refractivity contribution in [2.45, 2.75) is 33.1 Å². The fourth-order valence-corrected chi connectivity index (χ4v) is 2.48. The first-order chi connectivity index (χ1) is 8.86. The first-order valence-electron chi connectivity index (χ1n) is 6.20. The smallest absolute Gasteiger partial charge is 0.257 e. The van der Waals surface area contributed by atoms with Crippen molar-refractivity contribution in [3.8, 4) is 0 Å². The molecule has 1 amide bonds. The lowest BCUT2D eigenvalue weighted by atomic mass is 9.93. The summed E-state index contributed by atoms with van der Waals surface area (Å²) in [5.41, 5.74) is 2.79. The molecule has 0 atom stereocenters. The van der Waals surface area contributed by atoms with E-state index >= 15 is 0 Å². The number of carbonyl (C=O) groups excluding carboxylic acids is 1. The average Bonchev–Trinajstić information content (AvgIpc) is 2.78. The van der Waals surface area contributed by atoms with Crippen molar-refractivity contribution in [2.75, 3.05) is 5.32 Å². The monoisotopic (exact) mass is 274 g/mol. The highest BCUT2D eigenvalue weighted by Gasteiger charge is 2.18. The first kappa shape index (κ1) is 13.7. The van der Waals surface area contributed by atoms with Crippen LogP contribution in [0.25, 0.3) is 0 Å². The number of nitrogens with one attached hydrogen (secondary N) is 1. The van der Waals surface area contributed by atoms with Crippen molar-refractivity contribution in [1.82, 2.24) is 4.98 Å². The van der Waals surface area contributed by atoms with Crippen LogP contribution in [0.3, 0.4) is 0 Å². The highest BCUT2D eigenvalue weighted by Crippen LogP contribution is 2.26. The molecule has 0 unspecified atom stereocenters. The van der Waals surface area contributed by atoms with Crippen molar-refractivity contribution in [3.63, 3.8) is 0 Å². The zero-order valence-electron chi connectivity index (χ0n) is 11.7. The Morgan fingerprint density at radius 3 is 2.37 bits per heavy atom. The van der Waals surface area contributed by atoms with Gasteiger partial charge >= 0.3 is 0 Å². The van der Waals surface area contributed by atoms with Gasteiger partial charge in [-0.05, 0) is 19.1 Å². The molecule has 2 aromatic rings. The van der Waals surface area contributed by atoms with Crippen molar-refractivity contribution < 1.29 is 4.79 Å². The van der Waals surface area contributed by atoms with Crippen LogP contribution in [-0.4, -0.2) is 10.9 Å². The lowest BCUT2D eigenvalue weighted by molar-refractivity contribution is 0.102. The highest BCUT2D eigenvalue weighted by atomic mass is 32.1. The minimum atomic E-state index is -0.116. The van der Waals surface area contributed by atoms with Gasteiger partial charge in [0.15, 0.2) is 5.13 Å². The Morgan fingerprint density at radius 2 is 1.84 bits per heavy atom. The first-order valence-corrected chi connectivity index (χ1v) is 7.08. The molecule has 1 heterocycles. The van der Waals surface area contributed by atoms with Gasteiger partial charge in [0.05, 0.1) is 5.69 Å². The predicted molar refractivity (Wildman–Crippen MR) is 79.9 cm³/mol. The molecule has 0 radical (unpaired) electrons. The minimum absolute atomic E-state index is 0.00331. The second-order valence-electron chi connectivity index (χ2n) is 5.61. The second-order valence-corrected chi connectivity index (χ2v) is 6.47. The Balaban J connectivity index is 2.11. The summed E-state index contributed by atoms with van der Waals surface area (Å²) < 4.78 is 0. The zero-order chi connectivity index (χ0) is 14.0. The summed E-state index contributed by atoms with van der Waals surface area (Å²) in [6.07, 6.45) is 0. The molecule has 1 aromatic carbocycles. The minimum Gasteiger partial charge on any atom is -0.298 e. The van der Waals surface area contributed by atoms with Crippen LogP contribution in [0.5, 0.6) is 0 Å². The van der Waals surface area contributed by atoms with Gasteiger partial charge < -0.3 is 0 Å². The van der Waals surface area contributed by atoms with Crippen molar-refractivity contribution >= 4 is 22.4 Å². The molecular formula is C15H18N2OS. The lowest BCUT2D eigenvalue weighted by Crippen LogP contribution is -2.14. The third kappa shape index (κ3) is 3.41. The normalized spacial score (nSPS) is 11.4. The molecule has 1 aromatic heterocycles. The number of aryl methyl sites for hydroxylation is 1. The molecule has 3 nitrogen and oxygen atoms in total. The maximum absolute atomic E-state index is 12.0. The molecule has 4 heteroatoms. The van der Waals surface area contributed by atoms with Crippen molar-refractivity contribution in [3.05, 3.63) is 46.5 Å². The van der Waals surface area contributed by atoms with E-state index in [1.807, 2.05) is 36.6 Å². The van der Waals surface area contributed by atoms with Crippen LogP contribution in [0.4, 0.5) is 5.13 Å². The SMILES string of the molecule is Cc1ccc(C(=O)Nc2nc(C(C)(C)C)cs2)cc1. The van der Waals surface area contributed by atoms with Gasteiger partial charge in [-0.2, -0.15) is 0 Å². The Labute approximate surface area is 117 Å². The molecule has 2 rings (SSSR count). The Hall–Kier alpha value is -1.68. The molecule has 19 heavy (non-hydrogen) atoms. The van der Waals surface area contributed by atoms with Crippen molar-refractivity contribution in [1.29, 1.82) is 0 Å². The molecule has 0 aliphatic carbocycles. The van der Waals surface area contributed by atoms with Crippen LogP contribution in [-0.2, 0) is 5.41 Å². The summed E-state index contributed by atoms with van der Waals surface area (Å²) in [7, 11) is 0. The molecule has 1 N–H and O–H groups in total. The average molecular weight is 274 g/mol. The summed E-state index contributed by atoms with van der Waals surface area (Å²) in [5, 5.41) is 5.48. The van der Waals surface area contributed by atoms with Gasteiger partial charge in [0, 0.05) is 16.4 Å².